The second kappa shape index (κ2) is 15.4. The summed E-state index contributed by atoms with van der Waals surface area (Å²) in [6.07, 6.45) is 15.6. The van der Waals surface area contributed by atoms with Gasteiger partial charge in [0.1, 0.15) is 17.8 Å². The highest BCUT2D eigenvalue weighted by Crippen LogP contribution is 2.61. The number of para-hydroxylation sites is 1. The topological polar surface area (TPSA) is 192 Å². The first-order chi connectivity index (χ1) is 26.9. The Balaban J connectivity index is 1.05. The molecule has 4 aliphatic rings. The monoisotopic (exact) mass is 761 g/mol. The van der Waals surface area contributed by atoms with Crippen LogP contribution in [0.25, 0.3) is 10.9 Å². The molecule has 5 aromatic rings. The second-order valence-electron chi connectivity index (χ2n) is 17.2. The fourth-order valence-corrected chi connectivity index (χ4v) is 10.7. The van der Waals surface area contributed by atoms with Crippen molar-refractivity contribution in [3.63, 3.8) is 0 Å². The SMILES string of the molecule is Cc1cc(O)cc(C)c1CC(NC(=O)C(N)CCCn1ccnc1N)C(=O)N[C@@H](Cc1cn(C)c2ccccc12)c1nc(CC23CC4CC(CC(C4)C2)C3)no1. The van der Waals surface area contributed by atoms with Crippen LogP contribution >= 0.6 is 0 Å². The Labute approximate surface area is 327 Å². The lowest BCUT2D eigenvalue weighted by atomic mass is 9.49. The van der Waals surface area contributed by atoms with Crippen molar-refractivity contribution in [1.29, 1.82) is 0 Å². The molecule has 9 rings (SSSR count). The van der Waals surface area contributed by atoms with E-state index < -0.39 is 29.9 Å². The molecule has 13 nitrogen and oxygen atoms in total. The number of rotatable bonds is 15. The molecule has 4 bridgehead atoms. The number of phenols is 1. The molecule has 3 aromatic heterocycles. The summed E-state index contributed by atoms with van der Waals surface area (Å²) in [5, 5.41) is 22.1. The third-order valence-corrected chi connectivity index (χ3v) is 12.9. The zero-order valence-electron chi connectivity index (χ0n) is 32.7. The molecule has 0 saturated heterocycles. The number of amides is 2. The molecule has 3 atom stereocenters. The van der Waals surface area contributed by atoms with Crippen molar-refractivity contribution in [3.8, 4) is 5.75 Å². The molecular formula is C43H55N9O4. The largest absolute Gasteiger partial charge is 0.508 e. The van der Waals surface area contributed by atoms with Crippen molar-refractivity contribution < 1.29 is 19.2 Å². The summed E-state index contributed by atoms with van der Waals surface area (Å²) in [6, 6.07) is 9.01. The van der Waals surface area contributed by atoms with Gasteiger partial charge in [0.05, 0.1) is 6.04 Å². The number of benzene rings is 2. The number of nitrogen functional groups attached to an aromatic ring is 1. The summed E-state index contributed by atoms with van der Waals surface area (Å²) in [5.74, 6) is 3.19. The zero-order valence-corrected chi connectivity index (χ0v) is 32.7. The van der Waals surface area contributed by atoms with Gasteiger partial charge in [-0.15, -0.1) is 0 Å². The quantitative estimate of drug-likeness (QED) is 0.0935. The van der Waals surface area contributed by atoms with Gasteiger partial charge in [-0.3, -0.25) is 9.59 Å². The average molecular weight is 762 g/mol. The average Bonchev–Trinajstić information content (AvgIpc) is 3.86. The number of nitrogens with zero attached hydrogens (tertiary/aromatic N) is 5. The van der Waals surface area contributed by atoms with Gasteiger partial charge in [-0.25, -0.2) is 4.98 Å². The highest BCUT2D eigenvalue weighted by Gasteiger charge is 2.51. The predicted molar refractivity (Wildman–Crippen MR) is 213 cm³/mol. The Morgan fingerprint density at radius 2 is 1.71 bits per heavy atom. The smallest absolute Gasteiger partial charge is 0.249 e. The molecule has 2 amide bonds. The number of phenolic OH excluding ortho intramolecular Hbond substituents is 1. The van der Waals surface area contributed by atoms with Gasteiger partial charge >= 0.3 is 0 Å². The van der Waals surface area contributed by atoms with E-state index in [2.05, 4.69) is 43.7 Å². The molecule has 2 unspecified atom stereocenters. The van der Waals surface area contributed by atoms with Crippen LogP contribution in [0.1, 0.15) is 91.4 Å². The van der Waals surface area contributed by atoms with Gasteiger partial charge in [-0.1, -0.05) is 23.4 Å². The van der Waals surface area contributed by atoms with Gasteiger partial charge in [0, 0.05) is 62.3 Å². The maximum atomic E-state index is 14.6. The first-order valence-electron chi connectivity index (χ1n) is 20.2. The number of aromatic hydroxyl groups is 1. The van der Waals surface area contributed by atoms with Crippen LogP contribution in [0.15, 0.2) is 59.5 Å². The molecule has 3 heterocycles. The first kappa shape index (κ1) is 37.7. The number of fused-ring (bicyclic) bond motifs is 1. The van der Waals surface area contributed by atoms with Gasteiger partial charge in [-0.05, 0) is 129 Å². The normalized spacial score (nSPS) is 23.0. The molecule has 0 spiro atoms. The summed E-state index contributed by atoms with van der Waals surface area (Å²) in [6.45, 7) is 4.34. The van der Waals surface area contributed by atoms with Gasteiger partial charge in [0.2, 0.25) is 17.7 Å². The molecule has 4 saturated carbocycles. The second-order valence-corrected chi connectivity index (χ2v) is 17.2. The van der Waals surface area contributed by atoms with E-state index >= 15 is 0 Å². The van der Waals surface area contributed by atoms with Crippen LogP contribution in [-0.4, -0.2) is 53.3 Å². The summed E-state index contributed by atoms with van der Waals surface area (Å²) in [4.78, 5) is 37.4. The van der Waals surface area contributed by atoms with E-state index in [-0.39, 0.29) is 17.6 Å². The molecule has 0 radical (unpaired) electrons. The van der Waals surface area contributed by atoms with Gasteiger partial charge in [-0.2, -0.15) is 4.98 Å². The van der Waals surface area contributed by atoms with Crippen molar-refractivity contribution in [1.82, 2.24) is 34.9 Å². The van der Waals surface area contributed by atoms with E-state index in [1.165, 1.54) is 38.5 Å². The number of carbonyl (C=O) groups excluding carboxylic acids is 2. The van der Waals surface area contributed by atoms with Gasteiger partial charge in [0.15, 0.2) is 11.8 Å². The van der Waals surface area contributed by atoms with Crippen LogP contribution in [0.3, 0.4) is 0 Å². The number of hydrogen-bond donors (Lipinski definition) is 5. The Morgan fingerprint density at radius 3 is 2.39 bits per heavy atom. The van der Waals surface area contributed by atoms with E-state index in [9.17, 15) is 14.7 Å². The molecule has 56 heavy (non-hydrogen) atoms. The number of aromatic nitrogens is 5. The maximum Gasteiger partial charge on any atom is 0.249 e. The third-order valence-electron chi connectivity index (χ3n) is 12.9. The van der Waals surface area contributed by atoms with Crippen molar-refractivity contribution in [3.05, 3.63) is 89.0 Å². The standard InChI is InChI=1S/C43H55N9O4/c1-25-13-31(53)14-26(2)33(25)19-35(47-39(54)34(44)8-6-11-52-12-10-46-42(52)45)40(55)48-36(18-30-24-51(3)37-9-5-4-7-32(30)37)41-49-38(50-56-41)23-43-20-27-15-28(21-43)17-29(16-27)22-43/h4-5,7,9-10,12-14,24,27-29,34-36,53H,6,8,11,15-23,44H2,1-3H3,(H2,45,46)(H,47,54)(H,48,55)/t27?,28?,29?,34?,35?,36-,43?/m0/s1. The van der Waals surface area contributed by atoms with Crippen molar-refractivity contribution in [2.24, 2.45) is 36.0 Å². The fraction of sp³-hybridized carbons (Fsp3) is 0.512. The maximum absolute atomic E-state index is 14.6. The number of aryl methyl sites for hydroxylation is 4. The summed E-state index contributed by atoms with van der Waals surface area (Å²) >= 11 is 0. The van der Waals surface area contributed by atoms with E-state index in [0.29, 0.717) is 43.5 Å². The Hall–Kier alpha value is -5.17. The third kappa shape index (κ3) is 7.91. The molecule has 2 aromatic carbocycles. The molecular weight excluding hydrogens is 707 g/mol. The van der Waals surface area contributed by atoms with E-state index in [4.69, 9.17) is 21.0 Å². The Kier molecular flexibility index (Phi) is 10.4. The van der Waals surface area contributed by atoms with Crippen LogP contribution < -0.4 is 22.1 Å². The Bertz CT molecular complexity index is 2160. The van der Waals surface area contributed by atoms with Crippen LogP contribution in [0.5, 0.6) is 5.75 Å². The molecule has 4 aliphatic carbocycles. The van der Waals surface area contributed by atoms with Crippen molar-refractivity contribution in [2.45, 2.75) is 109 Å². The van der Waals surface area contributed by atoms with Gasteiger partial charge in [0.25, 0.3) is 0 Å². The van der Waals surface area contributed by atoms with Crippen molar-refractivity contribution >= 4 is 28.7 Å². The number of imidazole rings is 1. The lowest BCUT2D eigenvalue weighted by Crippen LogP contribution is -2.53. The zero-order chi connectivity index (χ0) is 39.1. The van der Waals surface area contributed by atoms with E-state index in [1.54, 1.807) is 29.1 Å². The predicted octanol–water partition coefficient (Wildman–Crippen LogP) is 5.36. The minimum atomic E-state index is -0.982. The minimum Gasteiger partial charge on any atom is -0.508 e. The Morgan fingerprint density at radius 1 is 1.02 bits per heavy atom. The summed E-state index contributed by atoms with van der Waals surface area (Å²) in [5.41, 5.74) is 17.2. The molecule has 7 N–H and O–H groups in total. The number of nitrogens with two attached hydrogens (primary N) is 2. The van der Waals surface area contributed by atoms with Gasteiger partial charge < -0.3 is 40.9 Å². The lowest BCUT2D eigenvalue weighted by Gasteiger charge is -2.56. The molecule has 296 valence electrons. The van der Waals surface area contributed by atoms with Crippen LogP contribution in [0.2, 0.25) is 0 Å². The molecule has 13 heteroatoms. The molecule has 4 fully saturated rings. The fourth-order valence-electron chi connectivity index (χ4n) is 10.7. The summed E-state index contributed by atoms with van der Waals surface area (Å²) < 4.78 is 9.94. The van der Waals surface area contributed by atoms with E-state index in [0.717, 1.165) is 57.3 Å². The lowest BCUT2D eigenvalue weighted by molar-refractivity contribution is -0.130. The van der Waals surface area contributed by atoms with Crippen LogP contribution in [0.4, 0.5) is 5.95 Å². The first-order valence-corrected chi connectivity index (χ1v) is 20.2. The van der Waals surface area contributed by atoms with E-state index in [1.807, 2.05) is 33.0 Å². The number of carbonyl (C=O) groups is 2. The highest BCUT2D eigenvalue weighted by atomic mass is 16.5. The van der Waals surface area contributed by atoms with Crippen LogP contribution in [-0.2, 0) is 42.4 Å². The number of nitrogens with one attached hydrogen (secondary N) is 2. The van der Waals surface area contributed by atoms with Crippen LogP contribution in [0, 0.1) is 37.0 Å². The highest BCUT2D eigenvalue weighted by molar-refractivity contribution is 5.90. The minimum absolute atomic E-state index is 0.144. The summed E-state index contributed by atoms with van der Waals surface area (Å²) in [7, 11) is 2.01. The number of hydrogen-bond acceptors (Lipinski definition) is 9. The number of anilines is 1. The van der Waals surface area contributed by atoms with Crippen molar-refractivity contribution in [2.75, 3.05) is 5.73 Å². The molecule has 0 aliphatic heterocycles.